The van der Waals surface area contributed by atoms with Crippen molar-refractivity contribution in [2.75, 3.05) is 18.0 Å². The Morgan fingerprint density at radius 2 is 2.28 bits per heavy atom. The summed E-state index contributed by atoms with van der Waals surface area (Å²) in [6, 6.07) is 7.54. The maximum absolute atomic E-state index is 10.7. The normalized spacial score (nSPS) is 14.7. The smallest absolute Gasteiger partial charge is 0.150 e. The largest absolute Gasteiger partial charge is 0.370 e. The van der Waals surface area contributed by atoms with Crippen LogP contribution in [-0.4, -0.2) is 19.4 Å². The molecule has 18 heavy (non-hydrogen) atoms. The number of benzene rings is 1. The average Bonchev–Trinajstić information content (AvgIpc) is 2.37. The van der Waals surface area contributed by atoms with E-state index in [4.69, 9.17) is 0 Å². The fourth-order valence-corrected chi connectivity index (χ4v) is 2.38. The van der Waals surface area contributed by atoms with Crippen molar-refractivity contribution in [3.05, 3.63) is 29.3 Å². The predicted octanol–water partition coefficient (Wildman–Crippen LogP) is 3.00. The van der Waals surface area contributed by atoms with Crippen LogP contribution >= 0.6 is 0 Å². The van der Waals surface area contributed by atoms with Gasteiger partial charge in [-0.2, -0.15) is 5.26 Å². The van der Waals surface area contributed by atoms with E-state index in [0.717, 1.165) is 31.0 Å². The van der Waals surface area contributed by atoms with Crippen LogP contribution in [0.1, 0.15) is 42.1 Å². The molecule has 94 valence electrons. The summed E-state index contributed by atoms with van der Waals surface area (Å²) in [4.78, 5) is 13.0. The van der Waals surface area contributed by atoms with Crippen LogP contribution in [0.3, 0.4) is 0 Å². The molecule has 1 aromatic carbocycles. The molecule has 1 aromatic rings. The molecule has 0 atom stereocenters. The molecule has 1 saturated carbocycles. The number of hydrogen-bond acceptors (Lipinski definition) is 3. The van der Waals surface area contributed by atoms with Crippen molar-refractivity contribution in [3.63, 3.8) is 0 Å². The highest BCUT2D eigenvalue weighted by Gasteiger charge is 2.21. The van der Waals surface area contributed by atoms with E-state index >= 15 is 0 Å². The second-order valence-corrected chi connectivity index (χ2v) is 4.84. The van der Waals surface area contributed by atoms with E-state index in [1.807, 2.05) is 6.07 Å². The second kappa shape index (κ2) is 5.68. The van der Waals surface area contributed by atoms with Gasteiger partial charge in [-0.1, -0.05) is 6.42 Å². The van der Waals surface area contributed by atoms with Crippen molar-refractivity contribution >= 4 is 12.0 Å². The van der Waals surface area contributed by atoms with Crippen LogP contribution in [0.25, 0.3) is 0 Å². The van der Waals surface area contributed by atoms with Crippen molar-refractivity contribution < 1.29 is 4.79 Å². The van der Waals surface area contributed by atoms with Gasteiger partial charge in [0.15, 0.2) is 0 Å². The lowest BCUT2D eigenvalue weighted by atomic mass is 9.85. The van der Waals surface area contributed by atoms with E-state index in [2.05, 4.69) is 17.9 Å². The molecule has 2 rings (SSSR count). The van der Waals surface area contributed by atoms with Crippen LogP contribution in [0.4, 0.5) is 5.69 Å². The molecule has 0 aromatic heterocycles. The fourth-order valence-electron chi connectivity index (χ4n) is 2.38. The van der Waals surface area contributed by atoms with Crippen molar-refractivity contribution in [1.29, 1.82) is 5.26 Å². The van der Waals surface area contributed by atoms with Gasteiger partial charge in [-0.15, -0.1) is 0 Å². The van der Waals surface area contributed by atoms with Crippen LogP contribution in [0.15, 0.2) is 18.2 Å². The first-order valence-electron chi connectivity index (χ1n) is 6.52. The molecular weight excluding hydrogens is 224 g/mol. The SMILES string of the molecule is CCN(CC1CCC1)c1ccc(C=O)cc1C#N. The quantitative estimate of drug-likeness (QED) is 0.745. The summed E-state index contributed by atoms with van der Waals surface area (Å²) in [6.07, 6.45) is 4.71. The molecule has 0 unspecified atom stereocenters. The lowest BCUT2D eigenvalue weighted by Crippen LogP contribution is -2.32. The molecule has 0 radical (unpaired) electrons. The highest BCUT2D eigenvalue weighted by molar-refractivity contribution is 5.78. The van der Waals surface area contributed by atoms with Gasteiger partial charge in [0.1, 0.15) is 12.4 Å². The summed E-state index contributed by atoms with van der Waals surface area (Å²) in [5.41, 5.74) is 2.12. The molecule has 0 heterocycles. The topological polar surface area (TPSA) is 44.1 Å². The van der Waals surface area contributed by atoms with Crippen molar-refractivity contribution in [2.45, 2.75) is 26.2 Å². The Morgan fingerprint density at radius 3 is 2.78 bits per heavy atom. The summed E-state index contributed by atoms with van der Waals surface area (Å²) in [6.45, 7) is 4.02. The van der Waals surface area contributed by atoms with E-state index in [9.17, 15) is 10.1 Å². The minimum atomic E-state index is 0.565. The van der Waals surface area contributed by atoms with E-state index in [-0.39, 0.29) is 0 Å². The summed E-state index contributed by atoms with van der Waals surface area (Å²) >= 11 is 0. The van der Waals surface area contributed by atoms with Gasteiger partial charge < -0.3 is 4.90 Å². The zero-order valence-electron chi connectivity index (χ0n) is 10.7. The van der Waals surface area contributed by atoms with Gasteiger partial charge in [0.05, 0.1) is 11.3 Å². The van der Waals surface area contributed by atoms with Crippen LogP contribution in [0.5, 0.6) is 0 Å². The molecule has 3 nitrogen and oxygen atoms in total. The van der Waals surface area contributed by atoms with E-state index < -0.39 is 0 Å². The summed E-state index contributed by atoms with van der Waals surface area (Å²) < 4.78 is 0. The Labute approximate surface area is 108 Å². The van der Waals surface area contributed by atoms with Gasteiger partial charge in [0.25, 0.3) is 0 Å². The maximum Gasteiger partial charge on any atom is 0.150 e. The minimum Gasteiger partial charge on any atom is -0.370 e. The molecule has 0 bridgehead atoms. The summed E-state index contributed by atoms with van der Waals surface area (Å²) in [5, 5.41) is 9.20. The fraction of sp³-hybridized carbons (Fsp3) is 0.467. The standard InChI is InChI=1S/C15H18N2O/c1-2-17(10-12-4-3-5-12)15-7-6-13(11-18)8-14(15)9-16/h6-8,11-12H,2-5,10H2,1H3. The third-order valence-corrected chi connectivity index (χ3v) is 3.70. The van der Waals surface area contributed by atoms with Gasteiger partial charge in [-0.05, 0) is 43.9 Å². The Hall–Kier alpha value is -1.82. The van der Waals surface area contributed by atoms with E-state index in [1.54, 1.807) is 12.1 Å². The first-order chi connectivity index (χ1) is 8.78. The summed E-state index contributed by atoms with van der Waals surface area (Å²) in [5.74, 6) is 0.766. The highest BCUT2D eigenvalue weighted by Crippen LogP contribution is 2.30. The number of hydrogen-bond donors (Lipinski definition) is 0. The number of nitriles is 1. The molecular formula is C15H18N2O. The first kappa shape index (κ1) is 12.6. The van der Waals surface area contributed by atoms with Crippen LogP contribution < -0.4 is 4.90 Å². The number of carbonyl (C=O) groups excluding carboxylic acids is 1. The Kier molecular flexibility index (Phi) is 3.99. The van der Waals surface area contributed by atoms with Crippen molar-refractivity contribution in [3.8, 4) is 6.07 Å². The number of aldehydes is 1. The number of anilines is 1. The zero-order valence-corrected chi connectivity index (χ0v) is 10.7. The summed E-state index contributed by atoms with van der Waals surface area (Å²) in [7, 11) is 0. The third-order valence-electron chi connectivity index (χ3n) is 3.70. The van der Waals surface area contributed by atoms with Crippen LogP contribution in [0.2, 0.25) is 0 Å². The zero-order chi connectivity index (χ0) is 13.0. The second-order valence-electron chi connectivity index (χ2n) is 4.84. The predicted molar refractivity (Wildman–Crippen MR) is 71.8 cm³/mol. The van der Waals surface area contributed by atoms with Gasteiger partial charge in [0, 0.05) is 18.7 Å². The number of nitrogens with zero attached hydrogens (tertiary/aromatic N) is 2. The minimum absolute atomic E-state index is 0.565. The number of rotatable bonds is 5. The third kappa shape index (κ3) is 2.53. The number of carbonyl (C=O) groups is 1. The van der Waals surface area contributed by atoms with Gasteiger partial charge in [-0.25, -0.2) is 0 Å². The molecule has 1 aliphatic carbocycles. The van der Waals surface area contributed by atoms with Gasteiger partial charge in [0.2, 0.25) is 0 Å². The van der Waals surface area contributed by atoms with Crippen molar-refractivity contribution in [2.24, 2.45) is 5.92 Å². The monoisotopic (exact) mass is 242 g/mol. The molecule has 1 aliphatic rings. The lowest BCUT2D eigenvalue weighted by molar-refractivity contribution is 0.112. The van der Waals surface area contributed by atoms with Gasteiger partial charge >= 0.3 is 0 Å². The van der Waals surface area contributed by atoms with Crippen molar-refractivity contribution in [1.82, 2.24) is 0 Å². The Bertz CT molecular complexity index is 472. The molecule has 0 amide bonds. The van der Waals surface area contributed by atoms with E-state index in [1.165, 1.54) is 19.3 Å². The highest BCUT2D eigenvalue weighted by atomic mass is 16.1. The van der Waals surface area contributed by atoms with Crippen LogP contribution in [-0.2, 0) is 0 Å². The average molecular weight is 242 g/mol. The van der Waals surface area contributed by atoms with E-state index in [0.29, 0.717) is 11.1 Å². The lowest BCUT2D eigenvalue weighted by Gasteiger charge is -2.33. The first-order valence-corrected chi connectivity index (χ1v) is 6.52. The Morgan fingerprint density at radius 1 is 1.50 bits per heavy atom. The maximum atomic E-state index is 10.7. The Balaban J connectivity index is 2.23. The van der Waals surface area contributed by atoms with Gasteiger partial charge in [-0.3, -0.25) is 4.79 Å². The molecule has 0 spiro atoms. The molecule has 0 aliphatic heterocycles. The molecule has 1 fully saturated rings. The molecule has 3 heteroatoms. The van der Waals surface area contributed by atoms with Crippen LogP contribution in [0, 0.1) is 17.2 Å². The molecule has 0 saturated heterocycles. The molecule has 0 N–H and O–H groups in total.